The first-order valence-corrected chi connectivity index (χ1v) is 9.51. The summed E-state index contributed by atoms with van der Waals surface area (Å²) in [5.74, 6) is 0.0198. The zero-order chi connectivity index (χ0) is 19.2. The second-order valence-electron chi connectivity index (χ2n) is 5.76. The van der Waals surface area contributed by atoms with Crippen LogP contribution >= 0.6 is 23.4 Å². The second-order valence-corrected chi connectivity index (χ2v) is 7.22. The summed E-state index contributed by atoms with van der Waals surface area (Å²) in [7, 11) is 0. The Morgan fingerprint density at radius 2 is 1.85 bits per heavy atom. The van der Waals surface area contributed by atoms with Crippen molar-refractivity contribution in [3.05, 3.63) is 77.2 Å². The fourth-order valence-electron chi connectivity index (χ4n) is 2.28. The predicted octanol–water partition coefficient (Wildman–Crippen LogP) is 5.22. The van der Waals surface area contributed by atoms with Crippen LogP contribution in [0.15, 0.2) is 70.2 Å². The van der Waals surface area contributed by atoms with Gasteiger partial charge in [0, 0.05) is 21.3 Å². The lowest BCUT2D eigenvalue weighted by atomic mass is 10.2. The highest BCUT2D eigenvalue weighted by molar-refractivity contribution is 8.00. The summed E-state index contributed by atoms with van der Waals surface area (Å²) < 4.78 is 5.07. The van der Waals surface area contributed by atoms with E-state index in [-0.39, 0.29) is 23.3 Å². The number of benzene rings is 2. The highest BCUT2D eigenvalue weighted by Crippen LogP contribution is 2.23. The number of carbonyl (C=O) groups excluding carboxylic acids is 2. The fourth-order valence-corrected chi connectivity index (χ4v) is 3.22. The number of hydrogen-bond donors (Lipinski definition) is 2. The molecule has 3 rings (SSSR count). The molecule has 0 atom stereocenters. The van der Waals surface area contributed by atoms with E-state index in [4.69, 9.17) is 16.0 Å². The van der Waals surface area contributed by atoms with E-state index in [1.54, 1.807) is 24.3 Å². The van der Waals surface area contributed by atoms with E-state index in [2.05, 4.69) is 10.6 Å². The fraction of sp³-hybridized carbons (Fsp3) is 0.100. The summed E-state index contributed by atoms with van der Waals surface area (Å²) >= 11 is 7.44. The maximum atomic E-state index is 12.1. The molecule has 0 spiro atoms. The van der Waals surface area contributed by atoms with Gasteiger partial charge < -0.3 is 15.1 Å². The Labute approximate surface area is 166 Å². The molecular weight excluding hydrogens is 384 g/mol. The second kappa shape index (κ2) is 8.79. The number of aryl methyl sites for hydroxylation is 1. The smallest absolute Gasteiger partial charge is 0.291 e. The van der Waals surface area contributed by atoms with Gasteiger partial charge in [-0.2, -0.15) is 0 Å². The molecule has 138 valence electrons. The van der Waals surface area contributed by atoms with Gasteiger partial charge in [0.15, 0.2) is 5.76 Å². The number of thioether (sulfide) groups is 1. The van der Waals surface area contributed by atoms with Crippen molar-refractivity contribution < 1.29 is 14.0 Å². The molecule has 0 saturated heterocycles. The minimum absolute atomic E-state index is 0.134. The largest absolute Gasteiger partial charge is 0.459 e. The van der Waals surface area contributed by atoms with Gasteiger partial charge in [0.05, 0.1) is 12.0 Å². The third-order valence-corrected chi connectivity index (χ3v) is 5.06. The average molecular weight is 401 g/mol. The first-order valence-electron chi connectivity index (χ1n) is 8.15. The molecule has 0 fully saturated rings. The minimum atomic E-state index is -0.323. The maximum absolute atomic E-state index is 12.1. The minimum Gasteiger partial charge on any atom is -0.459 e. The van der Waals surface area contributed by atoms with Crippen molar-refractivity contribution in [3.8, 4) is 0 Å². The lowest BCUT2D eigenvalue weighted by Gasteiger charge is -2.08. The van der Waals surface area contributed by atoms with Gasteiger partial charge in [-0.1, -0.05) is 23.7 Å². The number of amides is 2. The van der Waals surface area contributed by atoms with Crippen molar-refractivity contribution in [2.24, 2.45) is 0 Å². The predicted molar refractivity (Wildman–Crippen MR) is 109 cm³/mol. The molecule has 0 aliphatic heterocycles. The topological polar surface area (TPSA) is 71.3 Å². The summed E-state index contributed by atoms with van der Waals surface area (Å²) in [6, 6.07) is 15.9. The molecular formula is C20H17ClN2O3S. The molecule has 2 aromatic carbocycles. The summed E-state index contributed by atoms with van der Waals surface area (Å²) in [5.41, 5.74) is 2.25. The van der Waals surface area contributed by atoms with Crippen molar-refractivity contribution in [1.82, 2.24) is 0 Å². The molecule has 1 aromatic heterocycles. The van der Waals surface area contributed by atoms with Crippen LogP contribution in [0.4, 0.5) is 11.4 Å². The lowest BCUT2D eigenvalue weighted by Crippen LogP contribution is -2.14. The molecule has 2 N–H and O–H groups in total. The van der Waals surface area contributed by atoms with Crippen molar-refractivity contribution in [3.63, 3.8) is 0 Å². The van der Waals surface area contributed by atoms with Crippen LogP contribution in [-0.2, 0) is 4.79 Å². The molecule has 5 nitrogen and oxygen atoms in total. The van der Waals surface area contributed by atoms with Gasteiger partial charge in [-0.25, -0.2) is 0 Å². The zero-order valence-corrected chi connectivity index (χ0v) is 16.1. The summed E-state index contributed by atoms with van der Waals surface area (Å²) in [6.07, 6.45) is 1.45. The third-order valence-electron chi connectivity index (χ3n) is 3.66. The van der Waals surface area contributed by atoms with Crippen LogP contribution in [0.3, 0.4) is 0 Å². The molecule has 0 radical (unpaired) electrons. The van der Waals surface area contributed by atoms with E-state index < -0.39 is 0 Å². The Balaban J connectivity index is 1.55. The van der Waals surface area contributed by atoms with Crippen molar-refractivity contribution in [2.75, 3.05) is 16.4 Å². The van der Waals surface area contributed by atoms with Crippen LogP contribution in [0, 0.1) is 6.92 Å². The standard InChI is InChI=1S/C20H17ClN2O3S/c1-13-7-8-15(11-17(13)21)22-19(24)12-27-16-5-2-4-14(10-16)23-20(25)18-6-3-9-26-18/h2-11H,12H2,1H3,(H,22,24)(H,23,25). The van der Waals surface area contributed by atoms with E-state index in [1.807, 2.05) is 37.3 Å². The number of rotatable bonds is 6. The molecule has 7 heteroatoms. The van der Waals surface area contributed by atoms with E-state index in [1.165, 1.54) is 18.0 Å². The summed E-state index contributed by atoms with van der Waals surface area (Å²) in [5, 5.41) is 6.19. The molecule has 1 heterocycles. The van der Waals surface area contributed by atoms with Gasteiger partial charge in [0.25, 0.3) is 5.91 Å². The molecule has 0 unspecified atom stereocenters. The summed E-state index contributed by atoms with van der Waals surface area (Å²) in [6.45, 7) is 1.90. The van der Waals surface area contributed by atoms with Crippen molar-refractivity contribution >= 4 is 46.6 Å². The van der Waals surface area contributed by atoms with Crippen molar-refractivity contribution in [1.29, 1.82) is 0 Å². The zero-order valence-electron chi connectivity index (χ0n) is 14.5. The highest BCUT2D eigenvalue weighted by Gasteiger charge is 2.10. The quantitative estimate of drug-likeness (QED) is 0.556. The first kappa shape index (κ1) is 19.1. The molecule has 27 heavy (non-hydrogen) atoms. The lowest BCUT2D eigenvalue weighted by molar-refractivity contribution is -0.113. The van der Waals surface area contributed by atoms with Crippen LogP contribution in [0.1, 0.15) is 16.1 Å². The molecule has 2 amide bonds. The van der Waals surface area contributed by atoms with Crippen LogP contribution in [0.25, 0.3) is 0 Å². The molecule has 0 aliphatic rings. The SMILES string of the molecule is Cc1ccc(NC(=O)CSc2cccc(NC(=O)c3ccco3)c2)cc1Cl. The summed E-state index contributed by atoms with van der Waals surface area (Å²) in [4.78, 5) is 25.0. The molecule has 3 aromatic rings. The van der Waals surface area contributed by atoms with Gasteiger partial charge >= 0.3 is 0 Å². The van der Waals surface area contributed by atoms with Gasteiger partial charge in [-0.15, -0.1) is 11.8 Å². The number of anilines is 2. The Bertz CT molecular complexity index is 958. The highest BCUT2D eigenvalue weighted by atomic mass is 35.5. The molecule has 0 saturated carbocycles. The Hall–Kier alpha value is -2.70. The Morgan fingerprint density at radius 3 is 2.59 bits per heavy atom. The number of carbonyl (C=O) groups is 2. The number of hydrogen-bond acceptors (Lipinski definition) is 4. The molecule has 0 aliphatic carbocycles. The van der Waals surface area contributed by atoms with E-state index in [0.717, 1.165) is 10.5 Å². The van der Waals surface area contributed by atoms with Gasteiger partial charge in [0.2, 0.25) is 5.91 Å². The van der Waals surface area contributed by atoms with Crippen LogP contribution < -0.4 is 10.6 Å². The normalized spacial score (nSPS) is 10.4. The first-order chi connectivity index (χ1) is 13.0. The van der Waals surface area contributed by atoms with Gasteiger partial charge in [0.1, 0.15) is 0 Å². The van der Waals surface area contributed by atoms with E-state index in [9.17, 15) is 9.59 Å². The Kier molecular flexibility index (Phi) is 6.21. The monoisotopic (exact) mass is 400 g/mol. The average Bonchev–Trinajstić information content (AvgIpc) is 3.18. The third kappa shape index (κ3) is 5.39. The maximum Gasteiger partial charge on any atom is 0.291 e. The number of nitrogens with one attached hydrogen (secondary N) is 2. The van der Waals surface area contributed by atoms with Gasteiger partial charge in [-0.3, -0.25) is 9.59 Å². The Morgan fingerprint density at radius 1 is 1.04 bits per heavy atom. The number of halogens is 1. The van der Waals surface area contributed by atoms with Crippen LogP contribution in [-0.4, -0.2) is 17.6 Å². The van der Waals surface area contributed by atoms with Gasteiger partial charge in [-0.05, 0) is 55.0 Å². The van der Waals surface area contributed by atoms with Crippen LogP contribution in [0.5, 0.6) is 0 Å². The molecule has 0 bridgehead atoms. The van der Waals surface area contributed by atoms with Crippen molar-refractivity contribution in [2.45, 2.75) is 11.8 Å². The van der Waals surface area contributed by atoms with Crippen LogP contribution in [0.2, 0.25) is 5.02 Å². The van der Waals surface area contributed by atoms with E-state index in [0.29, 0.717) is 16.4 Å². The van der Waals surface area contributed by atoms with E-state index >= 15 is 0 Å². The number of furan rings is 1.